The van der Waals surface area contributed by atoms with Crippen molar-refractivity contribution >= 4 is 53.5 Å². The highest BCUT2D eigenvalue weighted by Gasteiger charge is 2.23. The maximum Gasteiger partial charge on any atom is 0.251 e. The Kier molecular flexibility index (Phi) is 8.83. The molecular weight excluding hydrogens is 427 g/mol. The van der Waals surface area contributed by atoms with E-state index in [-0.39, 0.29) is 36.8 Å². The van der Waals surface area contributed by atoms with Gasteiger partial charge in [-0.2, -0.15) is 0 Å². The summed E-state index contributed by atoms with van der Waals surface area (Å²) in [7, 11) is 0. The Labute approximate surface area is 187 Å². The molecule has 1 saturated heterocycles. The van der Waals surface area contributed by atoms with Crippen LogP contribution in [0.2, 0.25) is 0 Å². The van der Waals surface area contributed by atoms with Gasteiger partial charge < -0.3 is 15.6 Å². The molecule has 3 aromatic rings. The molecule has 2 atom stereocenters. The van der Waals surface area contributed by atoms with Gasteiger partial charge >= 0.3 is 0 Å². The van der Waals surface area contributed by atoms with Crippen molar-refractivity contribution in [3.63, 3.8) is 0 Å². The number of benzene rings is 2. The summed E-state index contributed by atoms with van der Waals surface area (Å²) in [5.74, 6) is 1.17. The van der Waals surface area contributed by atoms with Crippen LogP contribution in [0.3, 0.4) is 0 Å². The molecule has 5 nitrogen and oxygen atoms in total. The van der Waals surface area contributed by atoms with Crippen LogP contribution in [0.5, 0.6) is 0 Å². The molecule has 1 amide bonds. The number of aromatic amines is 1. The molecule has 0 saturated carbocycles. The maximum atomic E-state index is 12.9. The second-order valence-corrected chi connectivity index (χ2v) is 8.02. The van der Waals surface area contributed by atoms with Crippen LogP contribution in [0, 0.1) is 5.92 Å². The molecule has 0 radical (unpaired) electrons. The topological polar surface area (TPSA) is 69.8 Å². The van der Waals surface area contributed by atoms with Gasteiger partial charge in [0.1, 0.15) is 0 Å². The van der Waals surface area contributed by atoms with Crippen molar-refractivity contribution in [3.8, 4) is 0 Å². The summed E-state index contributed by atoms with van der Waals surface area (Å²) >= 11 is 1.62. The number of imidazole rings is 1. The van der Waals surface area contributed by atoms with Crippen LogP contribution < -0.4 is 10.6 Å². The highest BCUT2D eigenvalue weighted by Crippen LogP contribution is 2.25. The molecule has 2 heterocycles. The highest BCUT2D eigenvalue weighted by molar-refractivity contribution is 7.98. The Bertz CT molecular complexity index is 916. The quantitative estimate of drug-likeness (QED) is 0.500. The van der Waals surface area contributed by atoms with Crippen LogP contribution in [-0.2, 0) is 5.75 Å². The molecule has 2 unspecified atom stereocenters. The molecule has 1 aliphatic heterocycles. The van der Waals surface area contributed by atoms with E-state index in [4.69, 9.17) is 0 Å². The number of carbonyl (C=O) groups excluding carboxylic acids is 1. The summed E-state index contributed by atoms with van der Waals surface area (Å²) in [6.07, 6.45) is 0.975. The number of para-hydroxylation sites is 2. The smallest absolute Gasteiger partial charge is 0.251 e. The number of carbonyl (C=O) groups is 1. The minimum Gasteiger partial charge on any atom is -0.349 e. The van der Waals surface area contributed by atoms with Gasteiger partial charge in [0.05, 0.1) is 11.0 Å². The Morgan fingerprint density at radius 2 is 1.93 bits per heavy atom. The van der Waals surface area contributed by atoms with Crippen LogP contribution in [0.4, 0.5) is 0 Å². The van der Waals surface area contributed by atoms with Crippen molar-refractivity contribution in [2.24, 2.45) is 5.92 Å². The van der Waals surface area contributed by atoms with Crippen LogP contribution in [0.1, 0.15) is 29.3 Å². The fourth-order valence-corrected chi connectivity index (χ4v) is 4.38. The van der Waals surface area contributed by atoms with Crippen molar-refractivity contribution < 1.29 is 4.79 Å². The summed E-state index contributed by atoms with van der Waals surface area (Å²) in [5, 5.41) is 7.48. The van der Waals surface area contributed by atoms with Crippen molar-refractivity contribution in [1.29, 1.82) is 0 Å². The van der Waals surface area contributed by atoms with Gasteiger partial charge in [-0.25, -0.2) is 4.98 Å². The Morgan fingerprint density at radius 3 is 2.72 bits per heavy atom. The third-order valence-electron chi connectivity index (χ3n) is 5.10. The van der Waals surface area contributed by atoms with Gasteiger partial charge in [0.2, 0.25) is 0 Å². The second-order valence-electron chi connectivity index (χ2n) is 7.05. The zero-order valence-corrected chi connectivity index (χ0v) is 18.6. The van der Waals surface area contributed by atoms with Gasteiger partial charge in [0.25, 0.3) is 5.91 Å². The van der Waals surface area contributed by atoms with Crippen LogP contribution in [-0.4, -0.2) is 35.0 Å². The van der Waals surface area contributed by atoms with Gasteiger partial charge in [-0.05, 0) is 49.2 Å². The van der Waals surface area contributed by atoms with Gasteiger partial charge in [0.15, 0.2) is 5.16 Å². The molecule has 8 heteroatoms. The molecule has 4 rings (SSSR count). The van der Waals surface area contributed by atoms with E-state index in [9.17, 15) is 4.79 Å². The standard InChI is InChI=1S/C21H24N4OS.2ClH/c1-14-12-22-11-10-17(14)23-20(26)16-7-3-2-6-15(16)13-27-21-24-18-8-4-5-9-19(18)25-21;;/h2-9,14,17,22H,10-13H2,1H3,(H,23,26)(H,24,25);2*1H. The Hall–Kier alpha value is -1.73. The van der Waals surface area contributed by atoms with Gasteiger partial charge in [-0.15, -0.1) is 24.8 Å². The number of fused-ring (bicyclic) bond motifs is 1. The van der Waals surface area contributed by atoms with Crippen LogP contribution in [0.15, 0.2) is 53.7 Å². The first-order valence-electron chi connectivity index (χ1n) is 9.38. The molecule has 1 aliphatic rings. The lowest BCUT2D eigenvalue weighted by atomic mass is 9.95. The van der Waals surface area contributed by atoms with Crippen LogP contribution >= 0.6 is 36.6 Å². The summed E-state index contributed by atoms with van der Waals surface area (Å²) in [4.78, 5) is 20.8. The van der Waals surface area contributed by atoms with Crippen molar-refractivity contribution in [1.82, 2.24) is 20.6 Å². The van der Waals surface area contributed by atoms with E-state index in [1.165, 1.54) is 0 Å². The van der Waals surface area contributed by atoms with E-state index in [1.54, 1.807) is 11.8 Å². The number of halogens is 2. The minimum atomic E-state index is 0. The lowest BCUT2D eigenvalue weighted by molar-refractivity contribution is 0.0913. The molecule has 3 N–H and O–H groups in total. The summed E-state index contributed by atoms with van der Waals surface area (Å²) in [5.41, 5.74) is 3.78. The van der Waals surface area contributed by atoms with E-state index in [0.29, 0.717) is 11.7 Å². The number of H-pyrrole nitrogens is 1. The molecule has 156 valence electrons. The Balaban J connectivity index is 0.00000150. The Morgan fingerprint density at radius 1 is 1.17 bits per heavy atom. The second kappa shape index (κ2) is 10.9. The minimum absolute atomic E-state index is 0. The van der Waals surface area contributed by atoms with Gasteiger partial charge in [-0.3, -0.25) is 4.79 Å². The average molecular weight is 453 g/mol. The molecule has 2 aromatic carbocycles. The third-order valence-corrected chi connectivity index (χ3v) is 6.02. The van der Waals surface area contributed by atoms with Gasteiger partial charge in [-0.1, -0.05) is 49.0 Å². The number of thioether (sulfide) groups is 1. The third kappa shape index (κ3) is 5.66. The zero-order chi connectivity index (χ0) is 18.6. The van der Waals surface area contributed by atoms with Crippen molar-refractivity contribution in [3.05, 3.63) is 59.7 Å². The predicted octanol–water partition coefficient (Wildman–Crippen LogP) is 4.43. The molecule has 1 aromatic heterocycles. The lowest BCUT2D eigenvalue weighted by Gasteiger charge is -2.30. The molecular formula is C21H26Cl2N4OS. The SMILES string of the molecule is CC1CNCCC1NC(=O)c1ccccc1CSc1nc2ccccc2[nH]1.Cl.Cl. The summed E-state index contributed by atoms with van der Waals surface area (Å²) in [6, 6.07) is 16.1. The van der Waals surface area contributed by atoms with E-state index in [0.717, 1.165) is 46.8 Å². The largest absolute Gasteiger partial charge is 0.349 e. The number of nitrogens with zero attached hydrogens (tertiary/aromatic N) is 1. The number of piperidine rings is 1. The highest BCUT2D eigenvalue weighted by atomic mass is 35.5. The van der Waals surface area contributed by atoms with Crippen molar-refractivity contribution in [2.75, 3.05) is 13.1 Å². The fraction of sp³-hybridized carbons (Fsp3) is 0.333. The number of hydrogen-bond acceptors (Lipinski definition) is 4. The van der Waals surface area contributed by atoms with Crippen LogP contribution in [0.25, 0.3) is 11.0 Å². The first-order valence-corrected chi connectivity index (χ1v) is 10.4. The number of amides is 1. The molecule has 0 bridgehead atoms. The van der Waals surface area contributed by atoms with Crippen molar-refractivity contribution in [2.45, 2.75) is 30.3 Å². The zero-order valence-electron chi connectivity index (χ0n) is 16.2. The van der Waals surface area contributed by atoms with E-state index in [2.05, 4.69) is 27.5 Å². The molecule has 0 aliphatic carbocycles. The van der Waals surface area contributed by atoms with E-state index >= 15 is 0 Å². The lowest BCUT2D eigenvalue weighted by Crippen LogP contribution is -2.48. The monoisotopic (exact) mass is 452 g/mol. The normalized spacial score (nSPS) is 18.5. The predicted molar refractivity (Wildman–Crippen MR) is 124 cm³/mol. The molecule has 1 fully saturated rings. The first kappa shape index (κ1) is 23.5. The molecule has 0 spiro atoms. The number of nitrogens with one attached hydrogen (secondary N) is 3. The summed E-state index contributed by atoms with van der Waals surface area (Å²) in [6.45, 7) is 4.09. The van der Waals surface area contributed by atoms with Gasteiger partial charge in [0, 0.05) is 17.4 Å². The molecule has 29 heavy (non-hydrogen) atoms. The first-order chi connectivity index (χ1) is 13.2. The van der Waals surface area contributed by atoms with E-state index in [1.807, 2.05) is 48.5 Å². The summed E-state index contributed by atoms with van der Waals surface area (Å²) < 4.78 is 0. The number of hydrogen-bond donors (Lipinski definition) is 3. The average Bonchev–Trinajstić information content (AvgIpc) is 3.11. The van der Waals surface area contributed by atoms with E-state index < -0.39 is 0 Å². The number of rotatable bonds is 5. The number of aromatic nitrogens is 2. The fourth-order valence-electron chi connectivity index (χ4n) is 3.49. The maximum absolute atomic E-state index is 12.9.